The molecule has 1 fully saturated rings. The van der Waals surface area contributed by atoms with Crippen molar-refractivity contribution in [2.75, 3.05) is 20.2 Å². The molecule has 50 heavy (non-hydrogen) atoms. The molecule has 0 unspecified atom stereocenters. The van der Waals surface area contributed by atoms with Gasteiger partial charge in [0.15, 0.2) is 0 Å². The van der Waals surface area contributed by atoms with Crippen LogP contribution in [0.1, 0.15) is 24.0 Å². The second kappa shape index (κ2) is 17.5. The number of aliphatic carboxylic acids is 1. The minimum atomic E-state index is -2.48. The zero-order valence-electron chi connectivity index (χ0n) is 27.3. The first kappa shape index (κ1) is 37.6. The van der Waals surface area contributed by atoms with E-state index in [1.807, 2.05) is 12.1 Å². The van der Waals surface area contributed by atoms with Crippen LogP contribution >= 0.6 is 0 Å². The summed E-state index contributed by atoms with van der Waals surface area (Å²) in [7, 11) is 1.32. The summed E-state index contributed by atoms with van der Waals surface area (Å²) in [6, 6.07) is 18.3. The zero-order chi connectivity index (χ0) is 36.3. The number of benzene rings is 3. The highest BCUT2D eigenvalue weighted by Gasteiger charge is 2.56. The number of hydrogen-bond acceptors (Lipinski definition) is 10. The molecule has 266 valence electrons. The Kier molecular flexibility index (Phi) is 13.2. The van der Waals surface area contributed by atoms with Gasteiger partial charge in [-0.05, 0) is 46.5 Å². The van der Waals surface area contributed by atoms with Crippen molar-refractivity contribution in [3.8, 4) is 35.0 Å². The number of carbonyl (C=O) groups is 3. The monoisotopic (exact) mass is 691 g/mol. The normalized spacial score (nSPS) is 21.2. The SMILES string of the molecule is C#CCCOc1ccc(CO[C@]2(C(=O)O)C[C@H](O)[C@@H](NC(=O)NC)[C@H]([C@H](O)[C@H](O)CNC(=O)Cc3ccc(-c4ccc(O)cc4)cc3)O2)cc1. The van der Waals surface area contributed by atoms with Crippen LogP contribution in [0.5, 0.6) is 11.5 Å². The summed E-state index contributed by atoms with van der Waals surface area (Å²) in [6.07, 6.45) is -1.94. The Bertz CT molecular complexity index is 1630. The van der Waals surface area contributed by atoms with Gasteiger partial charge in [-0.1, -0.05) is 48.5 Å². The topological polar surface area (TPSA) is 216 Å². The molecule has 3 aromatic rings. The number of carboxylic acid groups (broad SMARTS) is 1. The fraction of sp³-hybridized carbons (Fsp3) is 0.361. The molecule has 1 saturated heterocycles. The van der Waals surface area contributed by atoms with E-state index in [4.69, 9.17) is 20.6 Å². The van der Waals surface area contributed by atoms with Crippen molar-refractivity contribution in [3.63, 3.8) is 0 Å². The van der Waals surface area contributed by atoms with Crippen LogP contribution in [-0.2, 0) is 32.1 Å². The molecule has 0 spiro atoms. The van der Waals surface area contributed by atoms with Crippen LogP contribution in [0.15, 0.2) is 72.8 Å². The van der Waals surface area contributed by atoms with Crippen molar-refractivity contribution in [1.29, 1.82) is 0 Å². The lowest BCUT2D eigenvalue weighted by molar-refractivity contribution is -0.313. The molecule has 8 N–H and O–H groups in total. The fourth-order valence-electron chi connectivity index (χ4n) is 5.32. The van der Waals surface area contributed by atoms with Crippen LogP contribution < -0.4 is 20.7 Å². The number of hydrogen-bond donors (Lipinski definition) is 8. The number of aromatic hydroxyl groups is 1. The maximum absolute atomic E-state index is 12.7. The molecule has 6 atom stereocenters. The van der Waals surface area contributed by atoms with E-state index in [1.54, 1.807) is 60.7 Å². The maximum Gasteiger partial charge on any atom is 0.364 e. The highest BCUT2D eigenvalue weighted by molar-refractivity contribution is 5.79. The number of ether oxygens (including phenoxy) is 3. The molecule has 14 nitrogen and oxygen atoms in total. The van der Waals surface area contributed by atoms with E-state index in [0.29, 0.717) is 29.9 Å². The Morgan fingerprint density at radius 2 is 1.62 bits per heavy atom. The summed E-state index contributed by atoms with van der Waals surface area (Å²) in [5.41, 5.74) is 2.96. The predicted molar refractivity (Wildman–Crippen MR) is 180 cm³/mol. The summed E-state index contributed by atoms with van der Waals surface area (Å²) in [5.74, 6) is -1.42. The molecule has 1 aliphatic rings. The number of phenolic OH excluding ortho intramolecular Hbond substituents is 1. The van der Waals surface area contributed by atoms with E-state index in [2.05, 4.69) is 21.9 Å². The van der Waals surface area contributed by atoms with E-state index in [9.17, 15) is 39.9 Å². The molecule has 0 saturated carbocycles. The predicted octanol–water partition coefficient (Wildman–Crippen LogP) is 1.29. The number of urea groups is 1. The molecular weight excluding hydrogens is 650 g/mol. The first-order chi connectivity index (χ1) is 23.9. The van der Waals surface area contributed by atoms with Gasteiger partial charge in [0, 0.05) is 26.4 Å². The average molecular weight is 692 g/mol. The molecule has 0 bridgehead atoms. The molecule has 1 heterocycles. The van der Waals surface area contributed by atoms with Crippen LogP contribution in [-0.4, -0.2) is 99.9 Å². The maximum atomic E-state index is 12.7. The second-order valence-corrected chi connectivity index (χ2v) is 11.7. The van der Waals surface area contributed by atoms with Gasteiger partial charge in [-0.25, -0.2) is 9.59 Å². The molecule has 0 aliphatic carbocycles. The molecule has 3 aromatic carbocycles. The lowest BCUT2D eigenvalue weighted by Gasteiger charge is -2.46. The largest absolute Gasteiger partial charge is 0.508 e. The number of aliphatic hydroxyl groups excluding tert-OH is 3. The van der Waals surface area contributed by atoms with Gasteiger partial charge in [0.2, 0.25) is 5.91 Å². The van der Waals surface area contributed by atoms with Gasteiger partial charge < -0.3 is 55.7 Å². The minimum Gasteiger partial charge on any atom is -0.508 e. The molecular formula is C36H41N3O11. The van der Waals surface area contributed by atoms with Gasteiger partial charge in [0.05, 0.1) is 37.9 Å². The van der Waals surface area contributed by atoms with Crippen LogP contribution in [0.25, 0.3) is 11.1 Å². The lowest BCUT2D eigenvalue weighted by Crippen LogP contribution is -2.68. The van der Waals surface area contributed by atoms with Gasteiger partial charge in [-0.15, -0.1) is 12.3 Å². The fourth-order valence-corrected chi connectivity index (χ4v) is 5.32. The van der Waals surface area contributed by atoms with Crippen molar-refractivity contribution in [1.82, 2.24) is 16.0 Å². The first-order valence-corrected chi connectivity index (χ1v) is 15.8. The Labute approximate surface area is 289 Å². The molecule has 14 heteroatoms. The van der Waals surface area contributed by atoms with Gasteiger partial charge in [-0.3, -0.25) is 4.79 Å². The Balaban J connectivity index is 1.41. The zero-order valence-corrected chi connectivity index (χ0v) is 27.3. The standard InChI is InChI=1S/C36H41N3O11/c1-3-4-17-48-27-15-7-23(8-16-27)21-49-36(34(45)46)19-28(41)31(39-35(47)37-2)33(50-36)32(44)29(42)20-38-30(43)18-22-5-9-24(10-6-22)25-11-13-26(40)14-12-25/h1,5-16,28-29,31-33,40-42,44H,4,17-21H2,2H3,(H,38,43)(H,45,46)(H2,37,39,47)/t28-,29+,31+,32+,33+,36+/m0/s1. The summed E-state index contributed by atoms with van der Waals surface area (Å²) in [6.45, 7) is -0.430. The lowest BCUT2D eigenvalue weighted by atomic mass is 9.88. The van der Waals surface area contributed by atoms with Crippen LogP contribution in [0, 0.1) is 12.3 Å². The molecule has 3 amide bonds. The number of amides is 3. The molecule has 1 aliphatic heterocycles. The van der Waals surface area contributed by atoms with E-state index in [1.165, 1.54) is 7.05 Å². The molecule has 4 rings (SSSR count). The third-order valence-corrected chi connectivity index (χ3v) is 8.09. The molecule has 0 aromatic heterocycles. The number of rotatable bonds is 15. The minimum absolute atomic E-state index is 0.0495. The average Bonchev–Trinajstić information content (AvgIpc) is 3.11. The second-order valence-electron chi connectivity index (χ2n) is 11.7. The number of aliphatic hydroxyl groups is 3. The highest BCUT2D eigenvalue weighted by Crippen LogP contribution is 2.34. The smallest absolute Gasteiger partial charge is 0.364 e. The number of terminal acetylenes is 1. The van der Waals surface area contributed by atoms with Crippen molar-refractivity contribution in [3.05, 3.63) is 83.9 Å². The van der Waals surface area contributed by atoms with Gasteiger partial charge in [0.1, 0.15) is 23.7 Å². The van der Waals surface area contributed by atoms with Gasteiger partial charge >= 0.3 is 12.0 Å². The van der Waals surface area contributed by atoms with E-state index in [0.717, 1.165) is 11.1 Å². The van der Waals surface area contributed by atoms with Crippen LogP contribution in [0.4, 0.5) is 4.79 Å². The summed E-state index contributed by atoms with van der Waals surface area (Å²) in [5, 5.41) is 60.1. The van der Waals surface area contributed by atoms with Crippen LogP contribution in [0.3, 0.4) is 0 Å². The van der Waals surface area contributed by atoms with E-state index >= 15 is 0 Å². The van der Waals surface area contributed by atoms with Crippen molar-refractivity contribution >= 4 is 17.9 Å². The number of nitrogens with one attached hydrogen (secondary N) is 3. The first-order valence-electron chi connectivity index (χ1n) is 15.8. The van der Waals surface area contributed by atoms with Crippen molar-refractivity contribution in [2.45, 2.75) is 62.1 Å². The summed E-state index contributed by atoms with van der Waals surface area (Å²) < 4.78 is 17.0. The Morgan fingerprint density at radius 3 is 2.22 bits per heavy atom. The third kappa shape index (κ3) is 9.94. The summed E-state index contributed by atoms with van der Waals surface area (Å²) >= 11 is 0. The summed E-state index contributed by atoms with van der Waals surface area (Å²) in [4.78, 5) is 37.5. The Hall–Kier alpha value is -5.17. The van der Waals surface area contributed by atoms with E-state index in [-0.39, 0.29) is 18.8 Å². The third-order valence-electron chi connectivity index (χ3n) is 8.09. The van der Waals surface area contributed by atoms with Crippen LogP contribution in [0.2, 0.25) is 0 Å². The van der Waals surface area contributed by atoms with Crippen molar-refractivity contribution < 1.29 is 54.1 Å². The number of carboxylic acids is 1. The number of carbonyl (C=O) groups excluding carboxylic acids is 2. The van der Waals surface area contributed by atoms with E-state index < -0.39 is 67.1 Å². The van der Waals surface area contributed by atoms with Crippen molar-refractivity contribution in [2.24, 2.45) is 0 Å². The highest BCUT2D eigenvalue weighted by atomic mass is 16.7. The number of phenols is 1. The van der Waals surface area contributed by atoms with Gasteiger partial charge in [0.25, 0.3) is 5.79 Å². The Morgan fingerprint density at radius 1 is 1.00 bits per heavy atom. The van der Waals surface area contributed by atoms with Gasteiger partial charge in [-0.2, -0.15) is 0 Å². The molecule has 0 radical (unpaired) electrons. The quantitative estimate of drug-likeness (QED) is 0.0839.